The summed E-state index contributed by atoms with van der Waals surface area (Å²) in [6.45, 7) is 4.70. The van der Waals surface area contributed by atoms with Crippen molar-refractivity contribution in [2.45, 2.75) is 26.3 Å². The van der Waals surface area contributed by atoms with Crippen LogP contribution in [0.1, 0.15) is 19.4 Å². The maximum atomic E-state index is 12.1. The monoisotopic (exact) mass is 300 g/mol. The van der Waals surface area contributed by atoms with E-state index in [0.717, 1.165) is 11.3 Å². The van der Waals surface area contributed by atoms with Gasteiger partial charge < -0.3 is 14.6 Å². The summed E-state index contributed by atoms with van der Waals surface area (Å²) in [6, 6.07) is 12.1. The molecule has 0 bridgehead atoms. The molecule has 22 heavy (non-hydrogen) atoms. The minimum absolute atomic E-state index is 0.0319. The third-order valence-corrected chi connectivity index (χ3v) is 3.70. The Morgan fingerprint density at radius 3 is 2.36 bits per heavy atom. The number of nitrogens with zero attached hydrogens (tertiary/aromatic N) is 1. The molecule has 0 saturated heterocycles. The summed E-state index contributed by atoms with van der Waals surface area (Å²) in [7, 11) is 1.65. The van der Waals surface area contributed by atoms with Gasteiger partial charge in [0.05, 0.1) is 19.1 Å². The summed E-state index contributed by atoms with van der Waals surface area (Å²) in [4.78, 5) is 12.1. The molecule has 0 aliphatic rings. The molecule has 1 unspecified atom stereocenters. The second kappa shape index (κ2) is 7.80. The van der Waals surface area contributed by atoms with Gasteiger partial charge in [-0.05, 0) is 35.7 Å². The van der Waals surface area contributed by atoms with Gasteiger partial charge >= 0.3 is 0 Å². The fourth-order valence-corrected chi connectivity index (χ4v) is 2.32. The van der Waals surface area contributed by atoms with Crippen LogP contribution in [0.5, 0.6) is 0 Å². The fourth-order valence-electron chi connectivity index (χ4n) is 2.32. The topological polar surface area (TPSA) is 43.3 Å². The van der Waals surface area contributed by atoms with Crippen molar-refractivity contribution in [1.29, 1.82) is 0 Å². The van der Waals surface area contributed by atoms with Crippen LogP contribution >= 0.6 is 0 Å². The Morgan fingerprint density at radius 1 is 1.18 bits per heavy atom. The summed E-state index contributed by atoms with van der Waals surface area (Å²) in [5, 5.41) is 3.04. The highest BCUT2D eigenvalue weighted by Crippen LogP contribution is 2.11. The Hall–Kier alpha value is -2.07. The Labute approximate surface area is 132 Å². The van der Waals surface area contributed by atoms with Crippen LogP contribution in [-0.2, 0) is 16.0 Å². The lowest BCUT2D eigenvalue weighted by Gasteiger charge is -2.21. The lowest BCUT2D eigenvalue weighted by Crippen LogP contribution is -2.42. The maximum absolute atomic E-state index is 12.1. The van der Waals surface area contributed by atoms with Crippen molar-refractivity contribution < 1.29 is 9.53 Å². The number of nitrogens with one attached hydrogen (secondary N) is 1. The van der Waals surface area contributed by atoms with Crippen LogP contribution in [0.25, 0.3) is 5.69 Å². The van der Waals surface area contributed by atoms with Crippen LogP contribution in [0.3, 0.4) is 0 Å². The largest absolute Gasteiger partial charge is 0.383 e. The first-order valence-corrected chi connectivity index (χ1v) is 7.60. The molecule has 118 valence electrons. The molecule has 1 atom stereocenters. The molecule has 2 rings (SSSR count). The van der Waals surface area contributed by atoms with Gasteiger partial charge in [0, 0.05) is 25.2 Å². The van der Waals surface area contributed by atoms with E-state index in [2.05, 4.69) is 19.2 Å². The van der Waals surface area contributed by atoms with Crippen molar-refractivity contribution in [3.8, 4) is 5.69 Å². The van der Waals surface area contributed by atoms with Crippen LogP contribution < -0.4 is 5.32 Å². The zero-order chi connectivity index (χ0) is 15.9. The average Bonchev–Trinajstić information content (AvgIpc) is 3.01. The fraction of sp³-hybridized carbons (Fsp3) is 0.389. The lowest BCUT2D eigenvalue weighted by atomic mass is 10.0. The van der Waals surface area contributed by atoms with E-state index in [1.165, 1.54) is 0 Å². The number of ether oxygens (including phenoxy) is 1. The second-order valence-corrected chi connectivity index (χ2v) is 5.81. The number of carbonyl (C=O) groups is 1. The SMILES string of the molecule is COCC(NC(=O)Cc1ccc(-n2cccc2)cc1)C(C)C. The zero-order valence-corrected chi connectivity index (χ0v) is 13.5. The molecule has 1 aromatic carbocycles. The summed E-state index contributed by atoms with van der Waals surface area (Å²) in [5.74, 6) is 0.379. The standard InChI is InChI=1S/C18H24N2O2/c1-14(2)17(13-22-3)19-18(21)12-15-6-8-16(9-7-15)20-10-4-5-11-20/h4-11,14,17H,12-13H2,1-3H3,(H,19,21). The normalized spacial score (nSPS) is 12.4. The van der Waals surface area contributed by atoms with Gasteiger partial charge in [-0.25, -0.2) is 0 Å². The van der Waals surface area contributed by atoms with Crippen molar-refractivity contribution in [2.75, 3.05) is 13.7 Å². The van der Waals surface area contributed by atoms with Crippen molar-refractivity contribution in [2.24, 2.45) is 5.92 Å². The molecule has 1 amide bonds. The minimum Gasteiger partial charge on any atom is -0.383 e. The quantitative estimate of drug-likeness (QED) is 0.854. The molecule has 1 N–H and O–H groups in total. The lowest BCUT2D eigenvalue weighted by molar-refractivity contribution is -0.121. The van der Waals surface area contributed by atoms with Gasteiger partial charge in [-0.3, -0.25) is 4.79 Å². The van der Waals surface area contributed by atoms with Gasteiger partial charge in [-0.15, -0.1) is 0 Å². The van der Waals surface area contributed by atoms with Crippen molar-refractivity contribution in [3.05, 3.63) is 54.4 Å². The number of carbonyl (C=O) groups excluding carboxylic acids is 1. The number of aromatic nitrogens is 1. The maximum Gasteiger partial charge on any atom is 0.224 e. The third kappa shape index (κ3) is 4.46. The Kier molecular flexibility index (Phi) is 5.78. The predicted octanol–water partition coefficient (Wildman–Crippen LogP) is 2.81. The molecule has 0 fully saturated rings. The number of hydrogen-bond acceptors (Lipinski definition) is 2. The number of methoxy groups -OCH3 is 1. The molecule has 0 saturated carbocycles. The molecule has 2 aromatic rings. The highest BCUT2D eigenvalue weighted by molar-refractivity contribution is 5.79. The zero-order valence-electron chi connectivity index (χ0n) is 13.5. The molecule has 0 radical (unpaired) electrons. The van der Waals surface area contributed by atoms with E-state index in [9.17, 15) is 4.79 Å². The third-order valence-electron chi connectivity index (χ3n) is 3.70. The molecular formula is C18H24N2O2. The highest BCUT2D eigenvalue weighted by Gasteiger charge is 2.16. The highest BCUT2D eigenvalue weighted by atomic mass is 16.5. The van der Waals surface area contributed by atoms with E-state index in [-0.39, 0.29) is 11.9 Å². The van der Waals surface area contributed by atoms with Gasteiger partial charge in [-0.1, -0.05) is 26.0 Å². The van der Waals surface area contributed by atoms with E-state index in [4.69, 9.17) is 4.74 Å². The first kappa shape index (κ1) is 16.3. The van der Waals surface area contributed by atoms with Crippen LogP contribution in [0.2, 0.25) is 0 Å². The molecule has 1 heterocycles. The second-order valence-electron chi connectivity index (χ2n) is 5.81. The number of hydrogen-bond donors (Lipinski definition) is 1. The van der Waals surface area contributed by atoms with Gasteiger partial charge in [-0.2, -0.15) is 0 Å². The molecule has 1 aromatic heterocycles. The van der Waals surface area contributed by atoms with E-state index < -0.39 is 0 Å². The average molecular weight is 300 g/mol. The predicted molar refractivity (Wildman–Crippen MR) is 88.1 cm³/mol. The van der Waals surface area contributed by atoms with E-state index in [0.29, 0.717) is 18.9 Å². The van der Waals surface area contributed by atoms with Crippen LogP contribution in [0, 0.1) is 5.92 Å². The Balaban J connectivity index is 1.94. The minimum atomic E-state index is 0.0319. The van der Waals surface area contributed by atoms with Crippen molar-refractivity contribution in [3.63, 3.8) is 0 Å². The first-order chi connectivity index (χ1) is 10.6. The Bertz CT molecular complexity index is 574. The van der Waals surface area contributed by atoms with E-state index in [1.54, 1.807) is 7.11 Å². The van der Waals surface area contributed by atoms with Crippen LogP contribution in [0.4, 0.5) is 0 Å². The molecule has 0 aliphatic carbocycles. The number of amides is 1. The Morgan fingerprint density at radius 2 is 1.82 bits per heavy atom. The van der Waals surface area contributed by atoms with Gasteiger partial charge in [0.2, 0.25) is 5.91 Å². The molecule has 4 nitrogen and oxygen atoms in total. The van der Waals surface area contributed by atoms with Gasteiger partial charge in [0.15, 0.2) is 0 Å². The molecule has 4 heteroatoms. The molecule has 0 spiro atoms. The van der Waals surface area contributed by atoms with Gasteiger partial charge in [0.1, 0.15) is 0 Å². The van der Waals surface area contributed by atoms with E-state index >= 15 is 0 Å². The van der Waals surface area contributed by atoms with Crippen molar-refractivity contribution >= 4 is 5.91 Å². The summed E-state index contributed by atoms with van der Waals surface area (Å²) < 4.78 is 7.19. The summed E-state index contributed by atoms with van der Waals surface area (Å²) >= 11 is 0. The van der Waals surface area contributed by atoms with Crippen LogP contribution in [-0.4, -0.2) is 30.2 Å². The summed E-state index contributed by atoms with van der Waals surface area (Å²) in [6.07, 6.45) is 4.39. The first-order valence-electron chi connectivity index (χ1n) is 7.60. The van der Waals surface area contributed by atoms with Crippen LogP contribution in [0.15, 0.2) is 48.8 Å². The van der Waals surface area contributed by atoms with Crippen molar-refractivity contribution in [1.82, 2.24) is 9.88 Å². The number of benzene rings is 1. The molecule has 0 aliphatic heterocycles. The van der Waals surface area contributed by atoms with E-state index in [1.807, 2.05) is 53.4 Å². The summed E-state index contributed by atoms with van der Waals surface area (Å²) in [5.41, 5.74) is 2.10. The molecular weight excluding hydrogens is 276 g/mol. The number of rotatable bonds is 7. The smallest absolute Gasteiger partial charge is 0.224 e. The van der Waals surface area contributed by atoms with Gasteiger partial charge in [0.25, 0.3) is 0 Å².